The summed E-state index contributed by atoms with van der Waals surface area (Å²) in [6.07, 6.45) is 2.98. The molecule has 29 heavy (non-hydrogen) atoms. The topological polar surface area (TPSA) is 86.5 Å². The monoisotopic (exact) mass is 433 g/mol. The fourth-order valence-corrected chi connectivity index (χ4v) is 2.89. The van der Waals surface area contributed by atoms with Crippen molar-refractivity contribution in [3.8, 4) is 22.9 Å². The number of hydrogen-bond acceptors (Lipinski definition) is 6. The Kier molecular flexibility index (Phi) is 6.74. The molecule has 0 fully saturated rings. The fraction of sp³-hybridized carbons (Fsp3) is 0.150. The van der Waals surface area contributed by atoms with Gasteiger partial charge in [-0.3, -0.25) is 4.79 Å². The number of amides is 1. The average molecular weight is 434 g/mol. The van der Waals surface area contributed by atoms with Gasteiger partial charge in [-0.15, -0.1) is 0 Å². The Bertz CT molecular complexity index is 1030. The van der Waals surface area contributed by atoms with Crippen molar-refractivity contribution < 1.29 is 18.8 Å². The summed E-state index contributed by atoms with van der Waals surface area (Å²) in [4.78, 5) is 16.3. The highest BCUT2D eigenvalue weighted by Gasteiger charge is 2.11. The van der Waals surface area contributed by atoms with E-state index in [1.807, 2.05) is 0 Å². The van der Waals surface area contributed by atoms with E-state index < -0.39 is 0 Å². The van der Waals surface area contributed by atoms with E-state index in [1.165, 1.54) is 20.3 Å². The van der Waals surface area contributed by atoms with Crippen LogP contribution in [0.5, 0.6) is 11.5 Å². The number of aromatic nitrogens is 2. The van der Waals surface area contributed by atoms with Crippen LogP contribution in [0, 0.1) is 0 Å². The van der Waals surface area contributed by atoms with Gasteiger partial charge in [0.1, 0.15) is 0 Å². The van der Waals surface area contributed by atoms with Gasteiger partial charge in [-0.25, -0.2) is 0 Å². The Morgan fingerprint density at radius 3 is 2.62 bits per heavy atom. The summed E-state index contributed by atoms with van der Waals surface area (Å²) in [5, 5.41) is 7.57. The Morgan fingerprint density at radius 1 is 1.17 bits per heavy atom. The van der Waals surface area contributed by atoms with Gasteiger partial charge in [-0.1, -0.05) is 28.4 Å². The second kappa shape index (κ2) is 9.45. The lowest BCUT2D eigenvalue weighted by Gasteiger charge is -2.10. The van der Waals surface area contributed by atoms with Crippen LogP contribution in [0.25, 0.3) is 17.5 Å². The second-order valence-electron chi connectivity index (χ2n) is 5.81. The van der Waals surface area contributed by atoms with E-state index in [9.17, 15) is 4.79 Å². The van der Waals surface area contributed by atoms with Gasteiger partial charge in [0.2, 0.25) is 17.6 Å². The Labute approximate surface area is 177 Å². The van der Waals surface area contributed by atoms with Crippen molar-refractivity contribution in [2.24, 2.45) is 0 Å². The van der Waals surface area contributed by atoms with Crippen molar-refractivity contribution in [1.29, 1.82) is 0 Å². The van der Waals surface area contributed by atoms with E-state index >= 15 is 0 Å². The molecule has 3 aromatic rings. The minimum absolute atomic E-state index is 0.0937. The Hall–Kier alpha value is -3.03. The average Bonchev–Trinajstić information content (AvgIpc) is 3.19. The summed E-state index contributed by atoms with van der Waals surface area (Å²) in [7, 11) is 3.01. The third-order valence-corrected chi connectivity index (χ3v) is 4.40. The number of ether oxygens (including phenoxy) is 2. The lowest BCUT2D eigenvalue weighted by atomic mass is 10.2. The van der Waals surface area contributed by atoms with Crippen molar-refractivity contribution in [2.45, 2.75) is 6.54 Å². The van der Waals surface area contributed by atoms with Gasteiger partial charge in [0.05, 0.1) is 25.8 Å². The van der Waals surface area contributed by atoms with Crippen LogP contribution in [0.3, 0.4) is 0 Å². The first-order chi connectivity index (χ1) is 14.0. The van der Waals surface area contributed by atoms with Gasteiger partial charge < -0.3 is 19.3 Å². The highest BCUT2D eigenvalue weighted by atomic mass is 35.5. The summed E-state index contributed by atoms with van der Waals surface area (Å²) in [5.41, 5.74) is 1.45. The first-order valence-electron chi connectivity index (χ1n) is 8.46. The minimum atomic E-state index is -0.331. The van der Waals surface area contributed by atoms with Crippen molar-refractivity contribution in [1.82, 2.24) is 15.5 Å². The first kappa shape index (κ1) is 20.7. The molecule has 7 nitrogen and oxygen atoms in total. The molecule has 0 radical (unpaired) electrons. The molecule has 9 heteroatoms. The molecule has 150 valence electrons. The largest absolute Gasteiger partial charge is 0.493 e. The van der Waals surface area contributed by atoms with Crippen molar-refractivity contribution in [3.05, 3.63) is 64.0 Å². The van der Waals surface area contributed by atoms with Gasteiger partial charge in [0.25, 0.3) is 0 Å². The van der Waals surface area contributed by atoms with E-state index in [-0.39, 0.29) is 18.3 Å². The molecule has 0 saturated carbocycles. The van der Waals surface area contributed by atoms with Gasteiger partial charge in [-0.05, 0) is 48.0 Å². The third-order valence-electron chi connectivity index (χ3n) is 3.87. The Balaban J connectivity index is 1.60. The molecular formula is C20H17Cl2N3O4. The van der Waals surface area contributed by atoms with Gasteiger partial charge in [0.15, 0.2) is 11.5 Å². The number of methoxy groups -OCH3 is 2. The van der Waals surface area contributed by atoms with Gasteiger partial charge in [0, 0.05) is 16.7 Å². The van der Waals surface area contributed by atoms with Crippen LogP contribution < -0.4 is 14.8 Å². The molecule has 0 spiro atoms. The quantitative estimate of drug-likeness (QED) is 0.555. The zero-order valence-electron chi connectivity index (χ0n) is 15.6. The number of hydrogen-bond donors (Lipinski definition) is 1. The highest BCUT2D eigenvalue weighted by molar-refractivity contribution is 6.32. The molecule has 0 aliphatic rings. The van der Waals surface area contributed by atoms with Crippen molar-refractivity contribution in [2.75, 3.05) is 14.2 Å². The van der Waals surface area contributed by atoms with Crippen molar-refractivity contribution in [3.63, 3.8) is 0 Å². The smallest absolute Gasteiger partial charge is 0.246 e. The molecule has 0 aliphatic carbocycles. The molecule has 1 amide bonds. The molecule has 1 heterocycles. The summed E-state index contributed by atoms with van der Waals surface area (Å²) >= 11 is 12.0. The summed E-state index contributed by atoms with van der Waals surface area (Å²) < 4.78 is 15.6. The number of halogens is 2. The van der Waals surface area contributed by atoms with Crippen LogP contribution in [-0.2, 0) is 11.3 Å². The number of nitrogens with zero attached hydrogens (tertiary/aromatic N) is 2. The normalized spacial score (nSPS) is 10.9. The predicted molar refractivity (Wildman–Crippen MR) is 110 cm³/mol. The third kappa shape index (κ3) is 5.28. The van der Waals surface area contributed by atoms with E-state index in [1.54, 1.807) is 42.5 Å². The number of benzene rings is 2. The maximum absolute atomic E-state index is 12.1. The van der Waals surface area contributed by atoms with Crippen LogP contribution in [0.4, 0.5) is 0 Å². The Morgan fingerprint density at radius 2 is 1.93 bits per heavy atom. The van der Waals surface area contributed by atoms with E-state index in [0.717, 1.165) is 5.56 Å². The van der Waals surface area contributed by atoms with E-state index in [0.29, 0.717) is 32.9 Å². The van der Waals surface area contributed by atoms with Crippen LogP contribution >= 0.6 is 23.2 Å². The SMILES string of the molecule is COc1cc(/C=C/C(=O)NCc2nc(-c3ccc(Cl)cc3)no2)cc(Cl)c1OC. The number of rotatable bonds is 7. The molecular weight excluding hydrogens is 417 g/mol. The molecule has 0 saturated heterocycles. The highest BCUT2D eigenvalue weighted by Crippen LogP contribution is 2.36. The maximum atomic E-state index is 12.1. The van der Waals surface area contributed by atoms with Crippen LogP contribution in [-0.4, -0.2) is 30.3 Å². The minimum Gasteiger partial charge on any atom is -0.493 e. The summed E-state index contributed by atoms with van der Waals surface area (Å²) in [6, 6.07) is 10.4. The number of carbonyl (C=O) groups is 1. The first-order valence-corrected chi connectivity index (χ1v) is 9.21. The lowest BCUT2D eigenvalue weighted by molar-refractivity contribution is -0.116. The van der Waals surface area contributed by atoms with Gasteiger partial charge in [-0.2, -0.15) is 4.98 Å². The molecule has 0 bridgehead atoms. The number of carbonyl (C=O) groups excluding carboxylic acids is 1. The standard InChI is InChI=1S/C20H17Cl2N3O4/c1-27-16-10-12(9-15(22)19(16)28-2)3-8-17(26)23-11-18-24-20(25-29-18)13-4-6-14(21)7-5-13/h3-10H,11H2,1-2H3,(H,23,26)/b8-3+. The maximum Gasteiger partial charge on any atom is 0.246 e. The van der Waals surface area contributed by atoms with E-state index in [2.05, 4.69) is 15.5 Å². The summed E-state index contributed by atoms with van der Waals surface area (Å²) in [6.45, 7) is 0.0937. The summed E-state index contributed by atoms with van der Waals surface area (Å²) in [5.74, 6) is 1.28. The molecule has 1 N–H and O–H groups in total. The zero-order chi connectivity index (χ0) is 20.8. The van der Waals surface area contributed by atoms with Crippen molar-refractivity contribution >= 4 is 35.2 Å². The fourth-order valence-electron chi connectivity index (χ4n) is 2.47. The van der Waals surface area contributed by atoms with E-state index in [4.69, 9.17) is 37.2 Å². The molecule has 3 rings (SSSR count). The molecule has 0 unspecified atom stereocenters. The molecule has 0 aliphatic heterocycles. The second-order valence-corrected chi connectivity index (χ2v) is 6.65. The number of nitrogens with one attached hydrogen (secondary N) is 1. The van der Waals surface area contributed by atoms with Crippen LogP contribution in [0.2, 0.25) is 10.0 Å². The zero-order valence-corrected chi connectivity index (χ0v) is 17.1. The molecule has 1 aromatic heterocycles. The van der Waals surface area contributed by atoms with Crippen LogP contribution in [0.15, 0.2) is 47.0 Å². The molecule has 0 atom stereocenters. The predicted octanol–water partition coefficient (Wildman–Crippen LogP) is 4.39. The van der Waals surface area contributed by atoms with Crippen LogP contribution in [0.1, 0.15) is 11.5 Å². The van der Waals surface area contributed by atoms with Gasteiger partial charge >= 0.3 is 0 Å². The lowest BCUT2D eigenvalue weighted by Crippen LogP contribution is -2.20. The molecule has 2 aromatic carbocycles.